The van der Waals surface area contributed by atoms with Crippen LogP contribution in [0.25, 0.3) is 0 Å². The van der Waals surface area contributed by atoms with Crippen LogP contribution in [-0.2, 0) is 22.0 Å². The zero-order valence-corrected chi connectivity index (χ0v) is 15.4. The van der Waals surface area contributed by atoms with Gasteiger partial charge >= 0.3 is 0 Å². The van der Waals surface area contributed by atoms with Crippen molar-refractivity contribution in [2.75, 3.05) is 12.4 Å². The zero-order valence-electron chi connectivity index (χ0n) is 14.6. The van der Waals surface area contributed by atoms with Crippen LogP contribution in [0.1, 0.15) is 31.9 Å². The fraction of sp³-hybridized carbons (Fsp3) is 0.400. The van der Waals surface area contributed by atoms with E-state index in [4.69, 9.17) is 4.74 Å². The standard InChI is InChI=1S/C20H26O3S/c1-20(2,3)17-9-11-19(12-10-17)23-13-18(21)15-24(22)14-16-7-5-4-6-8-16/h4-12,18,21H,13-15H2,1-3H3/t18-,24+/m0/s1. The monoisotopic (exact) mass is 346 g/mol. The molecule has 4 heteroatoms. The largest absolute Gasteiger partial charge is 0.491 e. The van der Waals surface area contributed by atoms with E-state index in [0.717, 1.165) is 11.3 Å². The van der Waals surface area contributed by atoms with Gasteiger partial charge in [-0.3, -0.25) is 4.21 Å². The molecular formula is C20H26O3S. The maximum atomic E-state index is 12.1. The van der Waals surface area contributed by atoms with Crippen molar-refractivity contribution in [3.05, 3.63) is 65.7 Å². The van der Waals surface area contributed by atoms with Gasteiger partial charge in [-0.2, -0.15) is 0 Å². The number of hydrogen-bond donors (Lipinski definition) is 1. The second-order valence-electron chi connectivity index (χ2n) is 6.98. The summed E-state index contributed by atoms with van der Waals surface area (Å²) in [5, 5.41) is 10.0. The molecule has 0 saturated heterocycles. The molecule has 2 aromatic rings. The maximum Gasteiger partial charge on any atom is 0.119 e. The van der Waals surface area contributed by atoms with Gasteiger partial charge in [0.2, 0.25) is 0 Å². The second kappa shape index (κ2) is 8.45. The average molecular weight is 346 g/mol. The van der Waals surface area contributed by atoms with Gasteiger partial charge < -0.3 is 9.84 Å². The summed E-state index contributed by atoms with van der Waals surface area (Å²) in [7, 11) is -1.10. The van der Waals surface area contributed by atoms with Gasteiger partial charge in [-0.15, -0.1) is 0 Å². The molecule has 3 nitrogen and oxygen atoms in total. The predicted molar refractivity (Wildman–Crippen MR) is 99.8 cm³/mol. The lowest BCUT2D eigenvalue weighted by molar-refractivity contribution is 0.125. The van der Waals surface area contributed by atoms with Crippen molar-refractivity contribution in [2.45, 2.75) is 38.0 Å². The first-order valence-corrected chi connectivity index (χ1v) is 9.64. The predicted octanol–water partition coefficient (Wildman–Crippen LogP) is 3.67. The van der Waals surface area contributed by atoms with E-state index in [-0.39, 0.29) is 17.8 Å². The van der Waals surface area contributed by atoms with Gasteiger partial charge in [-0.05, 0) is 28.7 Å². The van der Waals surface area contributed by atoms with Gasteiger partial charge in [-0.25, -0.2) is 0 Å². The summed E-state index contributed by atoms with van der Waals surface area (Å²) in [4.78, 5) is 0. The van der Waals surface area contributed by atoms with E-state index in [0.29, 0.717) is 5.75 Å². The Hall–Kier alpha value is -1.65. The molecule has 0 aromatic heterocycles. The average Bonchev–Trinajstić information content (AvgIpc) is 2.53. The third-order valence-corrected chi connectivity index (χ3v) is 5.12. The van der Waals surface area contributed by atoms with Crippen molar-refractivity contribution >= 4 is 10.8 Å². The van der Waals surface area contributed by atoms with Crippen LogP contribution >= 0.6 is 0 Å². The topological polar surface area (TPSA) is 46.5 Å². The molecule has 0 aliphatic carbocycles. The van der Waals surface area contributed by atoms with E-state index in [9.17, 15) is 9.32 Å². The smallest absolute Gasteiger partial charge is 0.119 e. The Morgan fingerprint density at radius 3 is 2.25 bits per heavy atom. The number of aliphatic hydroxyl groups is 1. The van der Waals surface area contributed by atoms with E-state index in [1.807, 2.05) is 54.6 Å². The molecule has 2 rings (SSSR count). The quantitative estimate of drug-likeness (QED) is 0.832. The van der Waals surface area contributed by atoms with Gasteiger partial charge in [0.1, 0.15) is 12.4 Å². The van der Waals surface area contributed by atoms with Crippen LogP contribution < -0.4 is 4.74 Å². The summed E-state index contributed by atoms with van der Waals surface area (Å²) in [6.45, 7) is 6.63. The summed E-state index contributed by atoms with van der Waals surface area (Å²) >= 11 is 0. The minimum absolute atomic E-state index is 0.104. The van der Waals surface area contributed by atoms with Crippen molar-refractivity contribution in [1.82, 2.24) is 0 Å². The van der Waals surface area contributed by atoms with Gasteiger partial charge in [0.05, 0.1) is 11.9 Å². The first kappa shape index (κ1) is 18.7. The Kier molecular flexibility index (Phi) is 6.58. The summed E-state index contributed by atoms with van der Waals surface area (Å²) in [6.07, 6.45) is -0.739. The normalized spacial score (nSPS) is 14.2. The van der Waals surface area contributed by atoms with Crippen LogP contribution in [0.3, 0.4) is 0 Å². The minimum Gasteiger partial charge on any atom is -0.491 e. The van der Waals surface area contributed by atoms with Crippen LogP contribution in [0.4, 0.5) is 0 Å². The molecule has 0 saturated carbocycles. The molecule has 0 heterocycles. The molecule has 2 aromatic carbocycles. The summed E-state index contributed by atoms with van der Waals surface area (Å²) < 4.78 is 17.7. The molecule has 0 radical (unpaired) electrons. The van der Waals surface area contributed by atoms with Gasteiger partial charge in [0, 0.05) is 16.6 Å². The molecule has 0 unspecified atom stereocenters. The Bertz CT molecular complexity index is 645. The maximum absolute atomic E-state index is 12.1. The van der Waals surface area contributed by atoms with E-state index >= 15 is 0 Å². The number of rotatable bonds is 7. The first-order chi connectivity index (χ1) is 11.3. The fourth-order valence-electron chi connectivity index (χ4n) is 2.33. The Balaban J connectivity index is 1.78. The molecule has 0 bridgehead atoms. The van der Waals surface area contributed by atoms with Crippen LogP contribution in [0.2, 0.25) is 0 Å². The lowest BCUT2D eigenvalue weighted by atomic mass is 9.87. The lowest BCUT2D eigenvalue weighted by Gasteiger charge is -2.19. The van der Waals surface area contributed by atoms with E-state index in [1.54, 1.807) is 0 Å². The summed E-state index contributed by atoms with van der Waals surface area (Å²) in [6, 6.07) is 17.6. The Morgan fingerprint density at radius 1 is 1.04 bits per heavy atom. The first-order valence-electron chi connectivity index (χ1n) is 8.15. The molecule has 0 spiro atoms. The minimum atomic E-state index is -1.10. The van der Waals surface area contributed by atoms with Gasteiger partial charge in [0.15, 0.2) is 0 Å². The van der Waals surface area contributed by atoms with E-state index < -0.39 is 16.9 Å². The molecule has 0 aliphatic heterocycles. The highest BCUT2D eigenvalue weighted by atomic mass is 32.2. The van der Waals surface area contributed by atoms with Crippen molar-refractivity contribution in [1.29, 1.82) is 0 Å². The third kappa shape index (κ3) is 6.10. The molecule has 130 valence electrons. The van der Waals surface area contributed by atoms with Crippen LogP contribution in [0.15, 0.2) is 54.6 Å². The molecular weight excluding hydrogens is 320 g/mol. The van der Waals surface area contributed by atoms with Crippen LogP contribution in [0.5, 0.6) is 5.75 Å². The SMILES string of the molecule is CC(C)(C)c1ccc(OC[C@H](O)C[S@](=O)Cc2ccccc2)cc1. The second-order valence-corrected chi connectivity index (χ2v) is 8.48. The zero-order chi connectivity index (χ0) is 17.6. The van der Waals surface area contributed by atoms with Gasteiger partial charge in [-0.1, -0.05) is 63.2 Å². The number of hydrogen-bond acceptors (Lipinski definition) is 3. The number of benzene rings is 2. The lowest BCUT2D eigenvalue weighted by Crippen LogP contribution is -2.25. The van der Waals surface area contributed by atoms with Crippen molar-refractivity contribution < 1.29 is 14.1 Å². The van der Waals surface area contributed by atoms with Crippen molar-refractivity contribution in [3.63, 3.8) is 0 Å². The van der Waals surface area contributed by atoms with E-state index in [2.05, 4.69) is 20.8 Å². The van der Waals surface area contributed by atoms with E-state index in [1.165, 1.54) is 5.56 Å². The van der Waals surface area contributed by atoms with Gasteiger partial charge in [0.25, 0.3) is 0 Å². The molecule has 1 N–H and O–H groups in total. The number of aliphatic hydroxyl groups excluding tert-OH is 1. The number of ether oxygens (including phenoxy) is 1. The van der Waals surface area contributed by atoms with Crippen molar-refractivity contribution in [3.8, 4) is 5.75 Å². The molecule has 2 atom stereocenters. The Labute approximate surface area is 147 Å². The highest BCUT2D eigenvalue weighted by Crippen LogP contribution is 2.24. The summed E-state index contributed by atoms with van der Waals surface area (Å²) in [5.41, 5.74) is 2.35. The summed E-state index contributed by atoms with van der Waals surface area (Å²) in [5.74, 6) is 1.39. The van der Waals surface area contributed by atoms with Crippen molar-refractivity contribution in [2.24, 2.45) is 0 Å². The molecule has 0 amide bonds. The highest BCUT2D eigenvalue weighted by Gasteiger charge is 2.14. The Morgan fingerprint density at radius 2 is 1.67 bits per heavy atom. The molecule has 24 heavy (non-hydrogen) atoms. The third-order valence-electron chi connectivity index (χ3n) is 3.71. The fourth-order valence-corrected chi connectivity index (χ4v) is 3.53. The highest BCUT2D eigenvalue weighted by molar-refractivity contribution is 7.84. The van der Waals surface area contributed by atoms with Crippen LogP contribution in [-0.4, -0.2) is 27.8 Å². The van der Waals surface area contributed by atoms with Crippen LogP contribution in [0, 0.1) is 0 Å². The molecule has 0 fully saturated rings. The molecule has 0 aliphatic rings.